The van der Waals surface area contributed by atoms with E-state index in [-0.39, 0.29) is 11.9 Å². The van der Waals surface area contributed by atoms with Crippen LogP contribution in [0.2, 0.25) is 0 Å². The average molecular weight is 271 g/mol. The van der Waals surface area contributed by atoms with Gasteiger partial charge in [-0.15, -0.1) is 0 Å². The van der Waals surface area contributed by atoms with Gasteiger partial charge >= 0.3 is 11.9 Å². The molecule has 1 atom stereocenters. The van der Waals surface area contributed by atoms with Gasteiger partial charge in [0.25, 0.3) is 0 Å². The van der Waals surface area contributed by atoms with Gasteiger partial charge in [-0.2, -0.15) is 0 Å². The quantitative estimate of drug-likeness (QED) is 0.763. The van der Waals surface area contributed by atoms with Crippen molar-refractivity contribution >= 4 is 11.9 Å². The lowest BCUT2D eigenvalue weighted by Gasteiger charge is -2.30. The zero-order chi connectivity index (χ0) is 14.6. The maximum atomic E-state index is 11.9. The van der Waals surface area contributed by atoms with Crippen LogP contribution in [0.25, 0.3) is 0 Å². The van der Waals surface area contributed by atoms with Crippen LogP contribution in [0.1, 0.15) is 52.9 Å². The molecule has 0 amide bonds. The third-order valence-electron chi connectivity index (χ3n) is 3.49. The molecule has 1 saturated carbocycles. The van der Waals surface area contributed by atoms with Crippen molar-refractivity contribution in [2.75, 3.05) is 0 Å². The monoisotopic (exact) mass is 271 g/mol. The molecule has 110 valence electrons. The van der Waals surface area contributed by atoms with E-state index in [1.807, 2.05) is 20.8 Å². The predicted octanol–water partition coefficient (Wildman–Crippen LogP) is 1.94. The largest absolute Gasteiger partial charge is 0.480 e. The second-order valence-corrected chi connectivity index (χ2v) is 6.43. The highest BCUT2D eigenvalue weighted by atomic mass is 16.6. The summed E-state index contributed by atoms with van der Waals surface area (Å²) in [5.41, 5.74) is 5.09. The van der Waals surface area contributed by atoms with Crippen LogP contribution >= 0.6 is 0 Å². The third kappa shape index (κ3) is 5.59. The van der Waals surface area contributed by atoms with Gasteiger partial charge in [-0.3, -0.25) is 9.59 Å². The molecule has 0 aromatic heterocycles. The van der Waals surface area contributed by atoms with Gasteiger partial charge in [-0.1, -0.05) is 0 Å². The van der Waals surface area contributed by atoms with Crippen LogP contribution in [0.4, 0.5) is 0 Å². The summed E-state index contributed by atoms with van der Waals surface area (Å²) < 4.78 is 5.37. The Kier molecular flexibility index (Phi) is 5.35. The molecule has 1 aliphatic rings. The van der Waals surface area contributed by atoms with Gasteiger partial charge in [0.2, 0.25) is 0 Å². The summed E-state index contributed by atoms with van der Waals surface area (Å²) in [6.45, 7) is 5.59. The number of carboxylic acid groups (broad SMARTS) is 1. The van der Waals surface area contributed by atoms with Crippen LogP contribution in [0, 0.1) is 11.8 Å². The van der Waals surface area contributed by atoms with E-state index >= 15 is 0 Å². The first-order valence-electron chi connectivity index (χ1n) is 6.90. The lowest BCUT2D eigenvalue weighted by atomic mass is 9.79. The molecule has 0 heterocycles. The molecule has 0 bridgehead atoms. The highest BCUT2D eigenvalue weighted by Gasteiger charge is 2.31. The summed E-state index contributed by atoms with van der Waals surface area (Å²) >= 11 is 0. The number of rotatable bonds is 4. The van der Waals surface area contributed by atoms with Crippen molar-refractivity contribution < 1.29 is 19.4 Å². The summed E-state index contributed by atoms with van der Waals surface area (Å²) in [7, 11) is 0. The van der Waals surface area contributed by atoms with Gasteiger partial charge in [-0.25, -0.2) is 0 Å². The first-order chi connectivity index (χ1) is 8.69. The van der Waals surface area contributed by atoms with Crippen molar-refractivity contribution in [1.82, 2.24) is 0 Å². The fraction of sp³-hybridized carbons (Fsp3) is 0.857. The summed E-state index contributed by atoms with van der Waals surface area (Å²) in [6.07, 6.45) is 3.74. The molecule has 0 aromatic carbocycles. The second-order valence-electron chi connectivity index (χ2n) is 6.43. The third-order valence-corrected chi connectivity index (χ3v) is 3.49. The van der Waals surface area contributed by atoms with Gasteiger partial charge in [0.15, 0.2) is 0 Å². The first kappa shape index (κ1) is 16.0. The van der Waals surface area contributed by atoms with Crippen LogP contribution in [-0.4, -0.2) is 28.7 Å². The molecule has 0 aliphatic heterocycles. The molecule has 1 fully saturated rings. The SMILES string of the molecule is CC(C)(C)OC(=O)C1CCC(C[C@H](N)C(=O)O)CC1. The fourth-order valence-electron chi connectivity index (χ4n) is 2.48. The minimum absolute atomic E-state index is 0.0449. The van der Waals surface area contributed by atoms with Gasteiger partial charge in [0.05, 0.1) is 5.92 Å². The van der Waals surface area contributed by atoms with Crippen molar-refractivity contribution in [3.63, 3.8) is 0 Å². The van der Waals surface area contributed by atoms with Crippen molar-refractivity contribution in [1.29, 1.82) is 0 Å². The van der Waals surface area contributed by atoms with E-state index in [1.54, 1.807) is 0 Å². The highest BCUT2D eigenvalue weighted by molar-refractivity contribution is 5.73. The molecule has 1 rings (SSSR count). The number of hydrogen-bond acceptors (Lipinski definition) is 4. The number of aliphatic carboxylic acids is 1. The van der Waals surface area contributed by atoms with Crippen LogP contribution < -0.4 is 5.73 Å². The molecular weight excluding hydrogens is 246 g/mol. The topological polar surface area (TPSA) is 89.6 Å². The minimum atomic E-state index is -0.950. The van der Waals surface area contributed by atoms with E-state index in [1.165, 1.54) is 0 Å². The van der Waals surface area contributed by atoms with Crippen LogP contribution in [0.3, 0.4) is 0 Å². The highest BCUT2D eigenvalue weighted by Crippen LogP contribution is 2.32. The van der Waals surface area contributed by atoms with Gasteiger partial charge in [0.1, 0.15) is 11.6 Å². The Balaban J connectivity index is 2.36. The van der Waals surface area contributed by atoms with Gasteiger partial charge in [-0.05, 0) is 58.8 Å². The summed E-state index contributed by atoms with van der Waals surface area (Å²) in [6, 6.07) is -0.789. The number of esters is 1. The summed E-state index contributed by atoms with van der Waals surface area (Å²) in [5, 5.41) is 8.78. The molecule has 19 heavy (non-hydrogen) atoms. The molecule has 0 radical (unpaired) electrons. The van der Waals surface area contributed by atoms with Gasteiger partial charge < -0.3 is 15.6 Å². The number of carboxylic acids is 1. The maximum absolute atomic E-state index is 11.9. The maximum Gasteiger partial charge on any atom is 0.320 e. The molecule has 0 saturated heterocycles. The van der Waals surface area contributed by atoms with E-state index < -0.39 is 17.6 Å². The Hall–Kier alpha value is -1.10. The number of ether oxygens (including phenoxy) is 1. The normalized spacial score (nSPS) is 25.7. The van der Waals surface area contributed by atoms with Crippen LogP contribution in [-0.2, 0) is 14.3 Å². The molecule has 0 aromatic rings. The van der Waals surface area contributed by atoms with Gasteiger partial charge in [0, 0.05) is 0 Å². The average Bonchev–Trinajstić information content (AvgIpc) is 2.27. The number of nitrogens with two attached hydrogens (primary N) is 1. The lowest BCUT2D eigenvalue weighted by Crippen LogP contribution is -2.35. The van der Waals surface area contributed by atoms with E-state index in [2.05, 4.69) is 0 Å². The van der Waals surface area contributed by atoms with Crippen molar-refractivity contribution in [3.05, 3.63) is 0 Å². The Labute approximate surface area is 114 Å². The fourth-order valence-corrected chi connectivity index (χ4v) is 2.48. The number of hydrogen-bond donors (Lipinski definition) is 2. The molecule has 0 spiro atoms. The van der Waals surface area contributed by atoms with Crippen molar-refractivity contribution in [2.24, 2.45) is 17.6 Å². The van der Waals surface area contributed by atoms with Crippen molar-refractivity contribution in [3.8, 4) is 0 Å². The Morgan fingerprint density at radius 2 is 1.79 bits per heavy atom. The zero-order valence-corrected chi connectivity index (χ0v) is 12.0. The van der Waals surface area contributed by atoms with E-state index in [9.17, 15) is 9.59 Å². The standard InChI is InChI=1S/C14H25NO4/c1-14(2,3)19-13(18)10-6-4-9(5-7-10)8-11(15)12(16)17/h9-11H,4-8,15H2,1-3H3,(H,16,17)/t9?,10?,11-/m0/s1. The van der Waals surface area contributed by atoms with Crippen LogP contribution in [0.5, 0.6) is 0 Å². The lowest BCUT2D eigenvalue weighted by molar-refractivity contribution is -0.161. The molecule has 3 N–H and O–H groups in total. The predicted molar refractivity (Wildman–Crippen MR) is 71.5 cm³/mol. The molecule has 5 nitrogen and oxygen atoms in total. The Morgan fingerprint density at radius 1 is 1.26 bits per heavy atom. The molecule has 1 aliphatic carbocycles. The Bertz CT molecular complexity index is 327. The van der Waals surface area contributed by atoms with E-state index in [0.29, 0.717) is 12.3 Å². The first-order valence-corrected chi connectivity index (χ1v) is 6.90. The molecule has 0 unspecified atom stereocenters. The molecule has 5 heteroatoms. The number of carbonyl (C=O) groups excluding carboxylic acids is 1. The minimum Gasteiger partial charge on any atom is -0.480 e. The van der Waals surface area contributed by atoms with Crippen LogP contribution in [0.15, 0.2) is 0 Å². The smallest absolute Gasteiger partial charge is 0.320 e. The zero-order valence-electron chi connectivity index (χ0n) is 12.0. The molecular formula is C14H25NO4. The Morgan fingerprint density at radius 3 is 2.21 bits per heavy atom. The van der Waals surface area contributed by atoms with E-state index in [0.717, 1.165) is 25.7 Å². The second kappa shape index (κ2) is 6.37. The van der Waals surface area contributed by atoms with Crippen molar-refractivity contribution in [2.45, 2.75) is 64.5 Å². The summed E-state index contributed by atoms with van der Waals surface area (Å²) in [5.74, 6) is -0.816. The number of carbonyl (C=O) groups is 2. The van der Waals surface area contributed by atoms with E-state index in [4.69, 9.17) is 15.6 Å². The summed E-state index contributed by atoms with van der Waals surface area (Å²) in [4.78, 5) is 22.6.